The summed E-state index contributed by atoms with van der Waals surface area (Å²) in [6.07, 6.45) is -0.846. The van der Waals surface area contributed by atoms with E-state index in [-0.39, 0.29) is 17.2 Å². The van der Waals surface area contributed by atoms with Crippen LogP contribution in [0.15, 0.2) is 24.3 Å². The van der Waals surface area contributed by atoms with Crippen molar-refractivity contribution >= 4 is 11.9 Å². The summed E-state index contributed by atoms with van der Waals surface area (Å²) in [5.74, 6) is -1.09. The summed E-state index contributed by atoms with van der Waals surface area (Å²) < 4.78 is 5.01. The first-order valence-electron chi connectivity index (χ1n) is 8.07. The quantitative estimate of drug-likeness (QED) is 0.841. The lowest BCUT2D eigenvalue weighted by atomic mass is 9.86. The van der Waals surface area contributed by atoms with Crippen LogP contribution < -0.4 is 5.32 Å². The Hall–Kier alpha value is -2.35. The Bertz CT molecular complexity index is 621. The first kappa shape index (κ1) is 19.7. The molecule has 0 bridgehead atoms. The van der Waals surface area contributed by atoms with Crippen molar-refractivity contribution in [2.75, 3.05) is 0 Å². The van der Waals surface area contributed by atoms with Gasteiger partial charge in [-0.2, -0.15) is 5.26 Å². The summed E-state index contributed by atoms with van der Waals surface area (Å²) >= 11 is 0. The second kappa shape index (κ2) is 7.96. The molecule has 0 saturated carbocycles. The van der Waals surface area contributed by atoms with Crippen LogP contribution in [-0.2, 0) is 14.9 Å². The number of rotatable bonds is 5. The molecule has 1 rings (SSSR count). The number of carbonyl (C=O) groups is 2. The number of carbonyl (C=O) groups excluding carboxylic acids is 2. The molecule has 130 valence electrons. The van der Waals surface area contributed by atoms with Gasteiger partial charge in [-0.1, -0.05) is 46.8 Å². The van der Waals surface area contributed by atoms with Gasteiger partial charge in [0.15, 0.2) is 6.10 Å². The largest absolute Gasteiger partial charge is 0.446 e. The Morgan fingerprint density at radius 2 is 1.67 bits per heavy atom. The van der Waals surface area contributed by atoms with Crippen molar-refractivity contribution in [3.63, 3.8) is 0 Å². The molecule has 0 aliphatic carbocycles. The minimum atomic E-state index is -0.846. The van der Waals surface area contributed by atoms with E-state index in [4.69, 9.17) is 10.00 Å². The predicted octanol–water partition coefficient (Wildman–Crippen LogP) is 3.19. The summed E-state index contributed by atoms with van der Waals surface area (Å²) in [6, 6.07) is 8.36. The molecule has 0 unspecified atom stereocenters. The molecule has 0 aliphatic rings. The highest BCUT2D eigenvalue weighted by molar-refractivity contribution is 5.96. The number of benzene rings is 1. The van der Waals surface area contributed by atoms with Gasteiger partial charge in [-0.25, -0.2) is 4.79 Å². The maximum atomic E-state index is 12.4. The fourth-order valence-electron chi connectivity index (χ4n) is 2.12. The summed E-state index contributed by atoms with van der Waals surface area (Å²) in [5.41, 5.74) is 1.61. The molecule has 0 saturated heterocycles. The van der Waals surface area contributed by atoms with E-state index in [0.717, 1.165) is 5.56 Å². The van der Waals surface area contributed by atoms with Crippen LogP contribution >= 0.6 is 0 Å². The summed E-state index contributed by atoms with van der Waals surface area (Å²) in [6.45, 7) is 11.4. The van der Waals surface area contributed by atoms with Crippen molar-refractivity contribution < 1.29 is 14.3 Å². The lowest BCUT2D eigenvalue weighted by Crippen LogP contribution is -2.46. The number of hydrogen-bond acceptors (Lipinski definition) is 4. The second-order valence-electron chi connectivity index (χ2n) is 7.23. The van der Waals surface area contributed by atoms with E-state index >= 15 is 0 Å². The van der Waals surface area contributed by atoms with Crippen LogP contribution in [0.3, 0.4) is 0 Å². The third-order valence-corrected chi connectivity index (χ3v) is 3.70. The van der Waals surface area contributed by atoms with E-state index in [0.29, 0.717) is 5.56 Å². The lowest BCUT2D eigenvalue weighted by molar-refractivity contribution is -0.149. The van der Waals surface area contributed by atoms with Gasteiger partial charge < -0.3 is 10.1 Å². The highest BCUT2D eigenvalue weighted by atomic mass is 16.5. The lowest BCUT2D eigenvalue weighted by Gasteiger charge is -2.22. The molecule has 0 fully saturated rings. The average molecular weight is 330 g/mol. The van der Waals surface area contributed by atoms with Crippen LogP contribution in [-0.4, -0.2) is 24.0 Å². The van der Waals surface area contributed by atoms with E-state index in [1.54, 1.807) is 12.1 Å². The first-order valence-corrected chi connectivity index (χ1v) is 8.07. The number of esters is 1. The standard InChI is InChI=1S/C19H26N2O3/c1-12(2)16(18(23)24-13(3)11-20)21-17(22)14-7-9-15(10-8-14)19(4,5)6/h7-10,12-13,16H,1-6H3,(H,21,22)/t13-,16-/m0/s1. The summed E-state index contributed by atoms with van der Waals surface area (Å²) in [7, 11) is 0. The smallest absolute Gasteiger partial charge is 0.330 e. The van der Waals surface area contributed by atoms with E-state index in [9.17, 15) is 9.59 Å². The number of nitriles is 1. The molecular weight excluding hydrogens is 304 g/mol. The Morgan fingerprint density at radius 1 is 1.12 bits per heavy atom. The van der Waals surface area contributed by atoms with Gasteiger partial charge in [0.05, 0.1) is 0 Å². The average Bonchev–Trinajstić information content (AvgIpc) is 2.50. The molecule has 0 aromatic heterocycles. The van der Waals surface area contributed by atoms with Gasteiger partial charge in [0.2, 0.25) is 0 Å². The number of ether oxygens (including phenoxy) is 1. The van der Waals surface area contributed by atoms with E-state index in [1.165, 1.54) is 6.92 Å². The van der Waals surface area contributed by atoms with Gasteiger partial charge in [0, 0.05) is 5.56 Å². The molecule has 1 amide bonds. The third kappa shape index (κ3) is 5.38. The SMILES string of the molecule is CC(C)[C@H](NC(=O)c1ccc(C(C)(C)C)cc1)C(=O)O[C@@H](C)C#N. The normalized spacial score (nSPS) is 13.8. The number of hydrogen-bond donors (Lipinski definition) is 1. The van der Waals surface area contributed by atoms with Gasteiger partial charge >= 0.3 is 5.97 Å². The maximum absolute atomic E-state index is 12.4. The van der Waals surface area contributed by atoms with Gasteiger partial charge in [-0.15, -0.1) is 0 Å². The Kier molecular flexibility index (Phi) is 6.53. The monoisotopic (exact) mass is 330 g/mol. The number of nitrogens with zero attached hydrogens (tertiary/aromatic N) is 1. The third-order valence-electron chi connectivity index (χ3n) is 3.70. The fourth-order valence-corrected chi connectivity index (χ4v) is 2.12. The highest BCUT2D eigenvalue weighted by Crippen LogP contribution is 2.22. The molecule has 5 heteroatoms. The fraction of sp³-hybridized carbons (Fsp3) is 0.526. The topological polar surface area (TPSA) is 79.2 Å². The molecule has 1 N–H and O–H groups in total. The van der Waals surface area contributed by atoms with E-state index in [1.807, 2.05) is 32.0 Å². The van der Waals surface area contributed by atoms with E-state index < -0.39 is 18.1 Å². The van der Waals surface area contributed by atoms with Crippen LogP contribution in [0, 0.1) is 17.2 Å². The van der Waals surface area contributed by atoms with E-state index in [2.05, 4.69) is 26.1 Å². The maximum Gasteiger partial charge on any atom is 0.330 e. The molecule has 0 radical (unpaired) electrons. The molecule has 1 aromatic carbocycles. The zero-order chi connectivity index (χ0) is 18.5. The molecule has 5 nitrogen and oxygen atoms in total. The van der Waals surface area contributed by atoms with Crippen LogP contribution in [0.4, 0.5) is 0 Å². The summed E-state index contributed by atoms with van der Waals surface area (Å²) in [4.78, 5) is 24.5. The number of nitrogens with one attached hydrogen (secondary N) is 1. The minimum Gasteiger partial charge on any atom is -0.446 e. The van der Waals surface area contributed by atoms with Crippen LogP contribution in [0.5, 0.6) is 0 Å². The van der Waals surface area contributed by atoms with Gasteiger partial charge in [-0.3, -0.25) is 4.79 Å². The molecule has 1 aromatic rings. The molecular formula is C19H26N2O3. The Balaban J connectivity index is 2.86. The first-order chi connectivity index (χ1) is 11.1. The van der Waals surface area contributed by atoms with Crippen LogP contribution in [0.1, 0.15) is 57.5 Å². The Labute approximate surface area is 144 Å². The van der Waals surface area contributed by atoms with Crippen molar-refractivity contribution in [3.05, 3.63) is 35.4 Å². The van der Waals surface area contributed by atoms with Gasteiger partial charge in [-0.05, 0) is 36.0 Å². The zero-order valence-electron chi connectivity index (χ0n) is 15.2. The molecule has 2 atom stereocenters. The second-order valence-corrected chi connectivity index (χ2v) is 7.23. The summed E-state index contributed by atoms with van der Waals surface area (Å²) in [5, 5.41) is 11.4. The van der Waals surface area contributed by atoms with Gasteiger partial charge in [0.25, 0.3) is 5.91 Å². The van der Waals surface area contributed by atoms with Crippen molar-refractivity contribution in [2.24, 2.45) is 5.92 Å². The van der Waals surface area contributed by atoms with Gasteiger partial charge in [0.1, 0.15) is 12.1 Å². The van der Waals surface area contributed by atoms with Crippen molar-refractivity contribution in [1.29, 1.82) is 5.26 Å². The molecule has 0 spiro atoms. The van der Waals surface area contributed by atoms with Crippen LogP contribution in [0.2, 0.25) is 0 Å². The zero-order valence-corrected chi connectivity index (χ0v) is 15.2. The molecule has 0 aliphatic heterocycles. The van der Waals surface area contributed by atoms with Crippen molar-refractivity contribution in [1.82, 2.24) is 5.32 Å². The van der Waals surface area contributed by atoms with Crippen molar-refractivity contribution in [3.8, 4) is 6.07 Å². The minimum absolute atomic E-state index is 0.00666. The highest BCUT2D eigenvalue weighted by Gasteiger charge is 2.27. The predicted molar refractivity (Wildman–Crippen MR) is 92.4 cm³/mol. The molecule has 24 heavy (non-hydrogen) atoms. The Morgan fingerprint density at radius 3 is 2.08 bits per heavy atom. The molecule has 0 heterocycles. The van der Waals surface area contributed by atoms with Crippen molar-refractivity contribution in [2.45, 2.75) is 59.1 Å². The van der Waals surface area contributed by atoms with Crippen LogP contribution in [0.25, 0.3) is 0 Å². The number of amides is 1.